The van der Waals surface area contributed by atoms with E-state index in [1.54, 1.807) is 0 Å². The van der Waals surface area contributed by atoms with Gasteiger partial charge in [-0.3, -0.25) is 4.57 Å². The summed E-state index contributed by atoms with van der Waals surface area (Å²) >= 11 is 0. The molecule has 0 aliphatic heterocycles. The van der Waals surface area contributed by atoms with Crippen molar-refractivity contribution in [2.24, 2.45) is 0 Å². The van der Waals surface area contributed by atoms with Gasteiger partial charge in [0, 0.05) is 38.2 Å². The molecule has 0 spiro atoms. The van der Waals surface area contributed by atoms with E-state index in [0.717, 1.165) is 33.9 Å². The van der Waals surface area contributed by atoms with Crippen LogP contribution < -0.4 is 0 Å². The van der Waals surface area contributed by atoms with Crippen molar-refractivity contribution in [2.45, 2.75) is 26.2 Å². The molecular weight excluding hydrogens is 621 g/mol. The third-order valence-electron chi connectivity index (χ3n) is 11.3. The number of imidazole rings is 1. The lowest BCUT2D eigenvalue weighted by molar-refractivity contribution is 0.667. The fourth-order valence-electron chi connectivity index (χ4n) is 9.35. The third-order valence-corrected chi connectivity index (χ3v) is 11.3. The predicted octanol–water partition coefficient (Wildman–Crippen LogP) is 11.8. The molecule has 1 aliphatic rings. The van der Waals surface area contributed by atoms with Crippen molar-refractivity contribution in [3.63, 3.8) is 0 Å². The molecule has 0 radical (unpaired) electrons. The maximum atomic E-state index is 5.00. The Kier molecular flexibility index (Phi) is 5.63. The first-order valence-electron chi connectivity index (χ1n) is 17.8. The number of aryl methyl sites for hydroxylation is 1. The molecule has 4 heteroatoms. The van der Waals surface area contributed by atoms with Gasteiger partial charge in [0.15, 0.2) is 0 Å². The Morgan fingerprint density at radius 3 is 1.82 bits per heavy atom. The van der Waals surface area contributed by atoms with Crippen LogP contribution in [0.3, 0.4) is 0 Å². The van der Waals surface area contributed by atoms with Crippen molar-refractivity contribution < 1.29 is 0 Å². The zero-order valence-electron chi connectivity index (χ0n) is 28.7. The summed E-state index contributed by atoms with van der Waals surface area (Å²) in [5.74, 6) is 0.965. The summed E-state index contributed by atoms with van der Waals surface area (Å²) in [6.45, 7) is 6.94. The smallest absolute Gasteiger partial charge is 0.111 e. The topological polar surface area (TPSA) is 27.7 Å². The Bertz CT molecular complexity index is 3060. The van der Waals surface area contributed by atoms with Gasteiger partial charge in [-0.25, -0.2) is 4.98 Å². The summed E-state index contributed by atoms with van der Waals surface area (Å²) in [5, 5.41) is 5.14. The number of benzene rings is 7. The molecule has 0 amide bonds. The molecular formula is C47H34N4. The van der Waals surface area contributed by atoms with E-state index in [1.807, 2.05) is 0 Å². The van der Waals surface area contributed by atoms with Crippen LogP contribution in [0.4, 0.5) is 0 Å². The molecule has 0 saturated heterocycles. The van der Waals surface area contributed by atoms with Gasteiger partial charge in [0.05, 0.1) is 44.5 Å². The molecule has 0 saturated carbocycles. The van der Waals surface area contributed by atoms with Gasteiger partial charge in [-0.1, -0.05) is 117 Å². The minimum atomic E-state index is -0.234. The molecule has 242 valence electrons. The second-order valence-electron chi connectivity index (χ2n) is 14.4. The first-order chi connectivity index (χ1) is 25.0. The van der Waals surface area contributed by atoms with Gasteiger partial charge in [0.2, 0.25) is 0 Å². The van der Waals surface area contributed by atoms with Crippen molar-refractivity contribution in [3.8, 4) is 28.2 Å². The molecule has 0 atom stereocenters. The van der Waals surface area contributed by atoms with Crippen molar-refractivity contribution >= 4 is 54.6 Å². The highest BCUT2D eigenvalue weighted by Gasteiger charge is 2.41. The molecule has 4 nitrogen and oxygen atoms in total. The Morgan fingerprint density at radius 2 is 1.06 bits per heavy atom. The maximum absolute atomic E-state index is 5.00. The monoisotopic (exact) mass is 654 g/mol. The third kappa shape index (κ3) is 3.61. The Labute approximate surface area is 295 Å². The van der Waals surface area contributed by atoms with Gasteiger partial charge in [-0.15, -0.1) is 0 Å². The summed E-state index contributed by atoms with van der Waals surface area (Å²) in [5.41, 5.74) is 15.6. The molecule has 7 aromatic carbocycles. The lowest BCUT2D eigenvalue weighted by Gasteiger charge is -2.23. The quantitative estimate of drug-likeness (QED) is 0.186. The predicted molar refractivity (Wildman–Crippen MR) is 212 cm³/mol. The SMILES string of the molecule is Cc1nc2ccccc2n1-c1ccccc1-n1c2ccccc2c2c1c1c(c3c4ccccc4n(-c4ccccc4)c32)C(C)(C)c2ccccc2-1. The summed E-state index contributed by atoms with van der Waals surface area (Å²) < 4.78 is 7.39. The van der Waals surface area contributed by atoms with Gasteiger partial charge in [-0.05, 0) is 72.1 Å². The van der Waals surface area contributed by atoms with Crippen molar-refractivity contribution in [1.29, 1.82) is 0 Å². The average molecular weight is 655 g/mol. The van der Waals surface area contributed by atoms with Crippen LogP contribution in [-0.2, 0) is 5.41 Å². The second kappa shape index (κ2) is 10.1. The molecule has 3 aromatic heterocycles. The van der Waals surface area contributed by atoms with Crippen LogP contribution in [0.1, 0.15) is 30.8 Å². The zero-order valence-corrected chi connectivity index (χ0v) is 28.7. The average Bonchev–Trinajstić information content (AvgIpc) is 3.86. The van der Waals surface area contributed by atoms with E-state index >= 15 is 0 Å². The Hall–Kier alpha value is -6.39. The van der Waals surface area contributed by atoms with E-state index in [9.17, 15) is 0 Å². The summed E-state index contributed by atoms with van der Waals surface area (Å²) in [7, 11) is 0. The standard InChI is InChI=1S/C47H34N4/c1-29-48-35-23-11-14-26-38(35)49(29)39-27-15-16-28-40(39)51-37-25-13-9-21-33(37)43-45-42(32-20-8-12-24-36(32)50(45)30-17-5-4-6-18-30)44-41(46(43)51)31-19-7-10-22-34(31)47(44,2)3/h4-28H,1-3H3. The van der Waals surface area contributed by atoms with Gasteiger partial charge in [0.25, 0.3) is 0 Å². The molecule has 11 rings (SSSR count). The van der Waals surface area contributed by atoms with E-state index < -0.39 is 0 Å². The fourth-order valence-corrected chi connectivity index (χ4v) is 9.35. The highest BCUT2D eigenvalue weighted by molar-refractivity contribution is 6.31. The minimum Gasteiger partial charge on any atom is -0.309 e. The van der Waals surface area contributed by atoms with Gasteiger partial charge in [-0.2, -0.15) is 0 Å². The zero-order chi connectivity index (χ0) is 34.0. The van der Waals surface area contributed by atoms with Crippen LogP contribution in [0.5, 0.6) is 0 Å². The fraction of sp³-hybridized carbons (Fsp3) is 0.0851. The van der Waals surface area contributed by atoms with Crippen LogP contribution in [0.15, 0.2) is 152 Å². The van der Waals surface area contributed by atoms with Crippen LogP contribution in [0.2, 0.25) is 0 Å². The van der Waals surface area contributed by atoms with E-state index in [4.69, 9.17) is 4.98 Å². The highest BCUT2D eigenvalue weighted by atomic mass is 15.1. The van der Waals surface area contributed by atoms with Crippen LogP contribution in [0, 0.1) is 6.92 Å². The highest BCUT2D eigenvalue weighted by Crippen LogP contribution is 2.58. The second-order valence-corrected chi connectivity index (χ2v) is 14.4. The number of para-hydroxylation sites is 7. The number of hydrogen-bond acceptors (Lipinski definition) is 1. The first-order valence-corrected chi connectivity index (χ1v) is 17.8. The van der Waals surface area contributed by atoms with Crippen molar-refractivity contribution in [1.82, 2.24) is 18.7 Å². The number of nitrogens with zero attached hydrogens (tertiary/aromatic N) is 4. The molecule has 10 aromatic rings. The number of rotatable bonds is 3. The molecule has 0 bridgehead atoms. The minimum absolute atomic E-state index is 0.234. The molecule has 1 aliphatic carbocycles. The van der Waals surface area contributed by atoms with Gasteiger partial charge < -0.3 is 9.13 Å². The molecule has 0 N–H and O–H groups in total. The lowest BCUT2D eigenvalue weighted by Crippen LogP contribution is -2.15. The Morgan fingerprint density at radius 1 is 0.490 bits per heavy atom. The van der Waals surface area contributed by atoms with E-state index in [-0.39, 0.29) is 5.41 Å². The number of hydrogen-bond donors (Lipinski definition) is 0. The summed E-state index contributed by atoms with van der Waals surface area (Å²) in [4.78, 5) is 5.00. The number of aromatic nitrogens is 4. The molecule has 3 heterocycles. The van der Waals surface area contributed by atoms with E-state index in [1.165, 1.54) is 65.9 Å². The largest absolute Gasteiger partial charge is 0.309 e. The molecule has 0 fully saturated rings. The van der Waals surface area contributed by atoms with E-state index in [2.05, 4.69) is 186 Å². The lowest BCUT2D eigenvalue weighted by atomic mass is 9.80. The van der Waals surface area contributed by atoms with Crippen LogP contribution >= 0.6 is 0 Å². The maximum Gasteiger partial charge on any atom is 0.111 e. The first kappa shape index (κ1) is 28.4. The van der Waals surface area contributed by atoms with Crippen LogP contribution in [0.25, 0.3) is 82.8 Å². The van der Waals surface area contributed by atoms with E-state index in [0.29, 0.717) is 0 Å². The van der Waals surface area contributed by atoms with Gasteiger partial charge >= 0.3 is 0 Å². The Balaban J connectivity index is 1.44. The van der Waals surface area contributed by atoms with Gasteiger partial charge in [0.1, 0.15) is 5.82 Å². The normalized spacial score (nSPS) is 13.5. The summed E-state index contributed by atoms with van der Waals surface area (Å²) in [6.07, 6.45) is 0. The van der Waals surface area contributed by atoms with Crippen LogP contribution in [-0.4, -0.2) is 18.7 Å². The molecule has 51 heavy (non-hydrogen) atoms. The molecule has 0 unspecified atom stereocenters. The van der Waals surface area contributed by atoms with Crippen molar-refractivity contribution in [3.05, 3.63) is 169 Å². The number of fused-ring (bicyclic) bond motifs is 13. The van der Waals surface area contributed by atoms with Crippen molar-refractivity contribution in [2.75, 3.05) is 0 Å². The summed E-state index contributed by atoms with van der Waals surface area (Å²) in [6, 6.07) is 55.2.